The van der Waals surface area contributed by atoms with Crippen LogP contribution in [0.4, 0.5) is 0 Å². The SMILES string of the molecule is CCCCn1nc(C)c(C=CC(=O)NC(C)c2ccc(S(=O)(=O)N(C)C)cc2)c1Cl. The third-order valence-corrected chi connectivity index (χ3v) is 6.98. The summed E-state index contributed by atoms with van der Waals surface area (Å²) in [4.78, 5) is 12.6. The third kappa shape index (κ3) is 5.71. The molecule has 0 saturated carbocycles. The summed E-state index contributed by atoms with van der Waals surface area (Å²) in [5.74, 6) is -0.274. The summed E-state index contributed by atoms with van der Waals surface area (Å²) in [7, 11) is -0.507. The van der Waals surface area contributed by atoms with Crippen molar-refractivity contribution in [3.63, 3.8) is 0 Å². The van der Waals surface area contributed by atoms with E-state index in [9.17, 15) is 13.2 Å². The van der Waals surface area contributed by atoms with Gasteiger partial charge < -0.3 is 5.32 Å². The van der Waals surface area contributed by atoms with Gasteiger partial charge in [0, 0.05) is 32.3 Å². The first kappa shape index (κ1) is 24.1. The molecule has 1 N–H and O–H groups in total. The molecule has 0 saturated heterocycles. The minimum atomic E-state index is -3.48. The summed E-state index contributed by atoms with van der Waals surface area (Å²) in [6, 6.07) is 6.18. The highest BCUT2D eigenvalue weighted by Crippen LogP contribution is 2.22. The zero-order valence-corrected chi connectivity index (χ0v) is 19.6. The van der Waals surface area contributed by atoms with Crippen LogP contribution in [0.25, 0.3) is 6.08 Å². The zero-order valence-electron chi connectivity index (χ0n) is 18.0. The van der Waals surface area contributed by atoms with E-state index in [4.69, 9.17) is 11.6 Å². The molecule has 0 fully saturated rings. The van der Waals surface area contributed by atoms with Gasteiger partial charge in [-0.3, -0.25) is 9.48 Å². The Hall–Kier alpha value is -2.16. The largest absolute Gasteiger partial charge is 0.346 e. The van der Waals surface area contributed by atoms with Crippen molar-refractivity contribution >= 4 is 33.6 Å². The number of amides is 1. The number of halogens is 1. The molecule has 30 heavy (non-hydrogen) atoms. The van der Waals surface area contributed by atoms with Crippen LogP contribution in [0.2, 0.25) is 5.15 Å². The summed E-state index contributed by atoms with van der Waals surface area (Å²) in [5.41, 5.74) is 2.30. The van der Waals surface area contributed by atoms with E-state index < -0.39 is 10.0 Å². The molecule has 7 nitrogen and oxygen atoms in total. The minimum absolute atomic E-state index is 0.208. The van der Waals surface area contributed by atoms with Crippen LogP contribution in [-0.2, 0) is 21.4 Å². The predicted molar refractivity (Wildman–Crippen MR) is 120 cm³/mol. The van der Waals surface area contributed by atoms with Crippen molar-refractivity contribution in [1.29, 1.82) is 0 Å². The van der Waals surface area contributed by atoms with Crippen molar-refractivity contribution in [1.82, 2.24) is 19.4 Å². The number of hydrogen-bond donors (Lipinski definition) is 1. The van der Waals surface area contributed by atoms with Gasteiger partial charge in [-0.05, 0) is 44.0 Å². The number of nitrogens with one attached hydrogen (secondary N) is 1. The molecular weight excluding hydrogens is 424 g/mol. The summed E-state index contributed by atoms with van der Waals surface area (Å²) in [6.07, 6.45) is 5.13. The number of aromatic nitrogens is 2. The smallest absolute Gasteiger partial charge is 0.244 e. The number of rotatable bonds is 9. The van der Waals surface area contributed by atoms with Crippen molar-refractivity contribution < 1.29 is 13.2 Å². The number of nitrogens with zero attached hydrogens (tertiary/aromatic N) is 3. The maximum atomic E-state index is 12.3. The molecule has 1 amide bonds. The van der Waals surface area contributed by atoms with E-state index >= 15 is 0 Å². The second-order valence-corrected chi connectivity index (χ2v) is 9.80. The molecule has 2 rings (SSSR count). The molecule has 1 aromatic heterocycles. The number of hydrogen-bond acceptors (Lipinski definition) is 4. The molecule has 0 radical (unpaired) electrons. The van der Waals surface area contributed by atoms with Gasteiger partial charge >= 0.3 is 0 Å². The number of carbonyl (C=O) groups excluding carboxylic acids is 1. The van der Waals surface area contributed by atoms with E-state index in [0.29, 0.717) is 5.15 Å². The lowest BCUT2D eigenvalue weighted by atomic mass is 10.1. The van der Waals surface area contributed by atoms with E-state index in [-0.39, 0.29) is 16.8 Å². The Kier molecular flexibility index (Phi) is 8.23. The van der Waals surface area contributed by atoms with Gasteiger partial charge in [0.15, 0.2) is 0 Å². The number of carbonyl (C=O) groups is 1. The molecule has 0 spiro atoms. The Balaban J connectivity index is 2.05. The Morgan fingerprint density at radius 1 is 1.30 bits per heavy atom. The average Bonchev–Trinajstić information content (AvgIpc) is 2.97. The number of aryl methyl sites for hydroxylation is 2. The Labute approximate surface area is 183 Å². The molecule has 0 aliphatic rings. The van der Waals surface area contributed by atoms with Crippen LogP contribution in [-0.4, -0.2) is 42.5 Å². The van der Waals surface area contributed by atoms with E-state index in [1.165, 1.54) is 32.3 Å². The van der Waals surface area contributed by atoms with Crippen LogP contribution >= 0.6 is 11.6 Å². The fourth-order valence-corrected chi connectivity index (χ4v) is 4.08. The van der Waals surface area contributed by atoms with E-state index in [2.05, 4.69) is 17.3 Å². The predicted octanol–water partition coefficient (Wildman–Crippen LogP) is 3.79. The number of unbranched alkanes of at least 4 members (excludes halogenated alkanes) is 1. The van der Waals surface area contributed by atoms with E-state index in [1.54, 1.807) is 22.9 Å². The average molecular weight is 453 g/mol. The van der Waals surface area contributed by atoms with Crippen molar-refractivity contribution in [2.75, 3.05) is 14.1 Å². The van der Waals surface area contributed by atoms with Crippen molar-refractivity contribution in [3.8, 4) is 0 Å². The normalized spacial score (nSPS) is 13.2. The summed E-state index contributed by atoms with van der Waals surface area (Å²) >= 11 is 6.39. The summed E-state index contributed by atoms with van der Waals surface area (Å²) in [5, 5.41) is 7.82. The molecule has 164 valence electrons. The van der Waals surface area contributed by atoms with Crippen molar-refractivity contribution in [2.24, 2.45) is 0 Å². The van der Waals surface area contributed by atoms with Gasteiger partial charge in [0.2, 0.25) is 15.9 Å². The maximum Gasteiger partial charge on any atom is 0.244 e. The summed E-state index contributed by atoms with van der Waals surface area (Å²) in [6.45, 7) is 6.54. The highest BCUT2D eigenvalue weighted by Gasteiger charge is 2.17. The van der Waals surface area contributed by atoms with Crippen LogP contribution in [0.15, 0.2) is 35.2 Å². The molecule has 9 heteroatoms. The van der Waals surface area contributed by atoms with Crippen LogP contribution in [0.5, 0.6) is 0 Å². The molecule has 0 aliphatic carbocycles. The zero-order chi connectivity index (χ0) is 22.5. The quantitative estimate of drug-likeness (QED) is 0.586. The van der Waals surface area contributed by atoms with Crippen molar-refractivity contribution in [3.05, 3.63) is 52.3 Å². The van der Waals surface area contributed by atoms with E-state index in [1.807, 2.05) is 13.8 Å². The van der Waals surface area contributed by atoms with E-state index in [0.717, 1.165) is 40.5 Å². The lowest BCUT2D eigenvalue weighted by Crippen LogP contribution is -2.25. The topological polar surface area (TPSA) is 84.3 Å². The van der Waals surface area contributed by atoms with Crippen LogP contribution in [0.3, 0.4) is 0 Å². The first-order chi connectivity index (χ1) is 14.1. The first-order valence-corrected chi connectivity index (χ1v) is 11.6. The molecule has 1 atom stereocenters. The molecule has 2 aromatic rings. The van der Waals surface area contributed by atoms with Gasteiger partial charge in [0.05, 0.1) is 16.6 Å². The van der Waals surface area contributed by atoms with Crippen LogP contribution in [0, 0.1) is 6.92 Å². The van der Waals surface area contributed by atoms with Gasteiger partial charge in [-0.25, -0.2) is 12.7 Å². The lowest BCUT2D eigenvalue weighted by molar-refractivity contribution is -0.117. The number of sulfonamides is 1. The Morgan fingerprint density at radius 3 is 2.50 bits per heavy atom. The van der Waals surface area contributed by atoms with Gasteiger partial charge in [0.1, 0.15) is 5.15 Å². The Morgan fingerprint density at radius 2 is 1.93 bits per heavy atom. The fraction of sp³-hybridized carbons (Fsp3) is 0.429. The highest BCUT2D eigenvalue weighted by atomic mass is 35.5. The minimum Gasteiger partial charge on any atom is -0.346 e. The molecule has 1 aromatic carbocycles. The molecular formula is C21H29ClN4O3S. The van der Waals surface area contributed by atoms with Gasteiger partial charge in [0.25, 0.3) is 0 Å². The monoisotopic (exact) mass is 452 g/mol. The lowest BCUT2D eigenvalue weighted by Gasteiger charge is -2.15. The van der Waals surface area contributed by atoms with Gasteiger partial charge in [-0.2, -0.15) is 5.10 Å². The standard InChI is InChI=1S/C21H29ClN4O3S/c1-6-7-14-26-21(22)19(16(3)24-26)12-13-20(27)23-15(2)17-8-10-18(11-9-17)30(28,29)25(4)5/h8-13,15H,6-7,14H2,1-5H3,(H,23,27). The molecule has 1 unspecified atom stereocenters. The fourth-order valence-electron chi connectivity index (χ4n) is 2.86. The number of benzene rings is 1. The van der Waals surface area contributed by atoms with Crippen LogP contribution < -0.4 is 5.32 Å². The summed E-state index contributed by atoms with van der Waals surface area (Å²) < 4.78 is 27.2. The van der Waals surface area contributed by atoms with Crippen LogP contribution in [0.1, 0.15) is 49.6 Å². The second kappa shape index (κ2) is 10.2. The van der Waals surface area contributed by atoms with Gasteiger partial charge in [-0.15, -0.1) is 0 Å². The molecule has 0 bridgehead atoms. The highest BCUT2D eigenvalue weighted by molar-refractivity contribution is 7.89. The maximum absolute atomic E-state index is 12.3. The third-order valence-electron chi connectivity index (χ3n) is 4.75. The Bertz CT molecular complexity index is 1010. The molecule has 1 heterocycles. The molecule has 0 aliphatic heterocycles. The first-order valence-electron chi connectivity index (χ1n) is 9.81. The van der Waals surface area contributed by atoms with Gasteiger partial charge in [-0.1, -0.05) is 37.1 Å². The second-order valence-electron chi connectivity index (χ2n) is 7.29. The van der Waals surface area contributed by atoms with Crippen molar-refractivity contribution in [2.45, 2.75) is 51.1 Å².